The number of hydrogen-bond donors (Lipinski definition) is 0. The van der Waals surface area contributed by atoms with Gasteiger partial charge >= 0.3 is 121 Å². The Morgan fingerprint density at radius 2 is 1.74 bits per heavy atom. The quantitative estimate of drug-likeness (QED) is 0.588. The molecule has 0 saturated carbocycles. The van der Waals surface area contributed by atoms with Gasteiger partial charge in [0, 0.05) is 0 Å². The molecule has 2 atom stereocenters. The minimum atomic E-state index is 0. The van der Waals surface area contributed by atoms with Gasteiger partial charge in [-0.1, -0.05) is 0 Å². The van der Waals surface area contributed by atoms with E-state index in [1.165, 1.54) is 12.0 Å². The zero-order valence-corrected chi connectivity index (χ0v) is 16.0. The Balaban J connectivity index is 0.00000162. The van der Waals surface area contributed by atoms with E-state index in [2.05, 4.69) is 58.1 Å². The van der Waals surface area contributed by atoms with Crippen LogP contribution in [0.5, 0.6) is 0 Å². The van der Waals surface area contributed by atoms with Gasteiger partial charge in [-0.3, -0.25) is 0 Å². The molecule has 0 amide bonds. The van der Waals surface area contributed by atoms with Crippen molar-refractivity contribution in [3.63, 3.8) is 0 Å². The maximum Gasteiger partial charge on any atom is -1.00 e. The van der Waals surface area contributed by atoms with Crippen molar-refractivity contribution in [1.82, 2.24) is 0 Å². The van der Waals surface area contributed by atoms with E-state index in [0.717, 1.165) is 6.42 Å². The van der Waals surface area contributed by atoms with E-state index in [-0.39, 0.29) is 30.2 Å². The van der Waals surface area contributed by atoms with Crippen molar-refractivity contribution >= 4 is 0 Å². The van der Waals surface area contributed by atoms with Crippen molar-refractivity contribution in [2.45, 2.75) is 43.7 Å². The van der Waals surface area contributed by atoms with Crippen LogP contribution in [0.25, 0.3) is 0 Å². The van der Waals surface area contributed by atoms with Gasteiger partial charge in [0.2, 0.25) is 0 Å². The van der Waals surface area contributed by atoms with Crippen LogP contribution >= 0.6 is 0 Å². The van der Waals surface area contributed by atoms with Gasteiger partial charge in [-0.25, -0.2) is 0 Å². The topological polar surface area (TPSA) is 0 Å². The van der Waals surface area contributed by atoms with E-state index >= 15 is 0 Å². The zero-order chi connectivity index (χ0) is 12.7. The summed E-state index contributed by atoms with van der Waals surface area (Å²) in [7, 11) is 0. The molecule has 0 spiro atoms. The third kappa shape index (κ3) is 3.37. The fourth-order valence-corrected chi connectivity index (χ4v) is 4.40. The molecule has 0 aliphatic heterocycles. The second-order valence-corrected chi connectivity index (χ2v) is 7.61. The summed E-state index contributed by atoms with van der Waals surface area (Å²) in [6.45, 7) is 9.16. The maximum absolute atomic E-state index is 2.44. The minimum absolute atomic E-state index is 0. The molecule has 0 bridgehead atoms. The van der Waals surface area contributed by atoms with Crippen LogP contribution < -0.4 is 24.8 Å². The van der Waals surface area contributed by atoms with Gasteiger partial charge in [0.15, 0.2) is 0 Å². The largest absolute Gasteiger partial charge is 1.00 e. The Kier molecular flexibility index (Phi) is 7.08. The van der Waals surface area contributed by atoms with Crippen LogP contribution in [0.2, 0.25) is 3.12 Å². The summed E-state index contributed by atoms with van der Waals surface area (Å²) >= 11 is 1.62. The van der Waals surface area contributed by atoms with Gasteiger partial charge < -0.3 is 24.8 Å². The van der Waals surface area contributed by atoms with E-state index in [4.69, 9.17) is 0 Å². The summed E-state index contributed by atoms with van der Waals surface area (Å²) < 4.78 is 0.332. The van der Waals surface area contributed by atoms with Crippen LogP contribution in [0.4, 0.5) is 0 Å². The fourth-order valence-electron chi connectivity index (χ4n) is 3.14. The first-order valence-electron chi connectivity index (χ1n) is 6.52. The van der Waals surface area contributed by atoms with E-state index in [1.807, 2.05) is 0 Å². The molecule has 2 aliphatic rings. The van der Waals surface area contributed by atoms with Gasteiger partial charge in [-0.15, -0.1) is 0 Å². The standard InChI is InChI=1S/C16H21.2ClH.Zr/c1-5-13-7-8-14(6-2)15(13)16(4)10-9-12(3)11-16;;;/h7-11H,5-6H2,1-4H3;2*1H;/q;;;+2/p-2. The molecule has 0 fully saturated rings. The molecular formula is C16H21Cl2Zr. The van der Waals surface area contributed by atoms with Crippen LogP contribution in [0, 0.1) is 5.41 Å². The van der Waals surface area contributed by atoms with Gasteiger partial charge in [-0.05, 0) is 0 Å². The van der Waals surface area contributed by atoms with Gasteiger partial charge in [0.1, 0.15) is 0 Å². The molecule has 0 aromatic heterocycles. The van der Waals surface area contributed by atoms with Crippen molar-refractivity contribution in [2.75, 3.05) is 0 Å². The molecule has 0 saturated heterocycles. The molecule has 0 radical (unpaired) electrons. The summed E-state index contributed by atoms with van der Waals surface area (Å²) in [5.74, 6) is 0. The van der Waals surface area contributed by atoms with Gasteiger partial charge in [0.25, 0.3) is 0 Å². The SMILES string of the molecule is CCC1=C(C2(C)C=CC(C)=C2)[C]([Zr+2])(CC)C=C1.[Cl-].[Cl-]. The molecule has 2 unspecified atom stereocenters. The van der Waals surface area contributed by atoms with Crippen LogP contribution in [0.15, 0.2) is 47.1 Å². The predicted octanol–water partition coefficient (Wildman–Crippen LogP) is -1.09. The van der Waals surface area contributed by atoms with Crippen molar-refractivity contribution in [1.29, 1.82) is 0 Å². The predicted molar refractivity (Wildman–Crippen MR) is 70.4 cm³/mol. The second-order valence-electron chi connectivity index (χ2n) is 5.42. The third-order valence-corrected chi connectivity index (χ3v) is 5.93. The van der Waals surface area contributed by atoms with Crippen molar-refractivity contribution < 1.29 is 49.5 Å². The Bertz CT molecular complexity index is 459. The Morgan fingerprint density at radius 3 is 2.16 bits per heavy atom. The van der Waals surface area contributed by atoms with Crippen molar-refractivity contribution in [2.24, 2.45) is 5.41 Å². The molecule has 0 heterocycles. The molecule has 0 aromatic carbocycles. The van der Waals surface area contributed by atoms with E-state index in [0.29, 0.717) is 3.12 Å². The van der Waals surface area contributed by atoms with Crippen LogP contribution in [0.1, 0.15) is 40.5 Å². The molecule has 2 rings (SSSR count). The first kappa shape index (κ1) is 19.4. The smallest absolute Gasteiger partial charge is 1.00 e. The Morgan fingerprint density at radius 1 is 1.11 bits per heavy atom. The number of rotatable bonds is 3. The molecule has 103 valence electrons. The molecule has 0 aromatic rings. The summed E-state index contributed by atoms with van der Waals surface area (Å²) in [5, 5.41) is 0. The van der Waals surface area contributed by atoms with E-state index in [1.54, 1.807) is 35.9 Å². The van der Waals surface area contributed by atoms with Crippen LogP contribution in [0.3, 0.4) is 0 Å². The molecule has 2 aliphatic carbocycles. The Labute approximate surface area is 145 Å². The molecular weight excluding hydrogens is 354 g/mol. The molecule has 3 heteroatoms. The summed E-state index contributed by atoms with van der Waals surface area (Å²) in [6, 6.07) is 0. The maximum atomic E-state index is 2.44. The van der Waals surface area contributed by atoms with Crippen molar-refractivity contribution in [3.05, 3.63) is 47.1 Å². The second kappa shape index (κ2) is 6.92. The van der Waals surface area contributed by atoms with Crippen LogP contribution in [-0.4, -0.2) is 0 Å². The fraction of sp³-hybridized carbons (Fsp3) is 0.500. The van der Waals surface area contributed by atoms with E-state index < -0.39 is 0 Å². The normalized spacial score (nSPS) is 32.2. The average Bonchev–Trinajstić information content (AvgIpc) is 2.81. The van der Waals surface area contributed by atoms with E-state index in [9.17, 15) is 0 Å². The van der Waals surface area contributed by atoms with Gasteiger partial charge in [0.05, 0.1) is 0 Å². The third-order valence-electron chi connectivity index (χ3n) is 4.03. The summed E-state index contributed by atoms with van der Waals surface area (Å²) in [4.78, 5) is 0. The molecule has 0 N–H and O–H groups in total. The number of allylic oxidation sites excluding steroid dienone is 8. The molecule has 0 nitrogen and oxygen atoms in total. The Hall–Kier alpha value is 0.423. The monoisotopic (exact) mass is 373 g/mol. The van der Waals surface area contributed by atoms with Crippen molar-refractivity contribution in [3.8, 4) is 0 Å². The number of halogens is 2. The first-order valence-corrected chi connectivity index (χ1v) is 7.75. The average molecular weight is 375 g/mol. The number of hydrogen-bond acceptors (Lipinski definition) is 0. The zero-order valence-electron chi connectivity index (χ0n) is 12.1. The summed E-state index contributed by atoms with van der Waals surface area (Å²) in [5.41, 5.74) is 4.76. The van der Waals surface area contributed by atoms with Crippen LogP contribution in [-0.2, 0) is 24.7 Å². The first-order chi connectivity index (χ1) is 7.95. The minimum Gasteiger partial charge on any atom is -1.00 e. The van der Waals surface area contributed by atoms with Gasteiger partial charge in [-0.2, -0.15) is 0 Å². The summed E-state index contributed by atoms with van der Waals surface area (Å²) in [6.07, 6.45) is 14.3. The molecule has 19 heavy (non-hydrogen) atoms.